The fraction of sp³-hybridized carbons (Fsp3) is 0.778. The standard InChI is InChI=1S/C9H16O4Si/c1-7(10)6-8(11)13-9(14)4-2-3-5-12-9/h2-6H2,1,14H3. The van der Waals surface area contributed by atoms with Gasteiger partial charge in [0.15, 0.2) is 5.41 Å². The van der Waals surface area contributed by atoms with E-state index >= 15 is 0 Å². The predicted octanol–water partition coefficient (Wildman–Crippen LogP) is -0.272. The average molecular weight is 216 g/mol. The number of rotatable bonds is 3. The molecule has 1 fully saturated rings. The highest BCUT2D eigenvalue weighted by Gasteiger charge is 2.31. The molecule has 0 amide bonds. The lowest BCUT2D eigenvalue weighted by Crippen LogP contribution is -2.41. The lowest BCUT2D eigenvalue weighted by Gasteiger charge is -2.33. The van der Waals surface area contributed by atoms with E-state index in [2.05, 4.69) is 0 Å². The third kappa shape index (κ3) is 3.59. The van der Waals surface area contributed by atoms with Gasteiger partial charge in [0.2, 0.25) is 0 Å². The monoisotopic (exact) mass is 216 g/mol. The van der Waals surface area contributed by atoms with E-state index in [1.54, 1.807) is 0 Å². The minimum absolute atomic E-state index is 0.145. The van der Waals surface area contributed by atoms with Gasteiger partial charge in [-0.15, -0.1) is 0 Å². The van der Waals surface area contributed by atoms with Crippen LogP contribution in [-0.2, 0) is 19.1 Å². The van der Waals surface area contributed by atoms with Crippen molar-refractivity contribution < 1.29 is 19.1 Å². The maximum atomic E-state index is 11.2. The van der Waals surface area contributed by atoms with Gasteiger partial charge in [0, 0.05) is 6.42 Å². The summed E-state index contributed by atoms with van der Waals surface area (Å²) in [6.45, 7) is 2.03. The normalized spacial score (nSPS) is 27.2. The van der Waals surface area contributed by atoms with Crippen LogP contribution in [0.5, 0.6) is 0 Å². The van der Waals surface area contributed by atoms with Crippen LogP contribution in [-0.4, -0.2) is 34.0 Å². The second-order valence-corrected chi connectivity index (χ2v) is 5.32. The Morgan fingerprint density at radius 1 is 1.50 bits per heavy atom. The molecule has 0 aromatic carbocycles. The topological polar surface area (TPSA) is 52.6 Å². The van der Waals surface area contributed by atoms with Gasteiger partial charge >= 0.3 is 5.97 Å². The van der Waals surface area contributed by atoms with Crippen LogP contribution in [0.15, 0.2) is 0 Å². The van der Waals surface area contributed by atoms with Crippen LogP contribution >= 0.6 is 0 Å². The SMILES string of the molecule is CC(=O)CC(=O)OC1([SiH3])CCCCO1. The van der Waals surface area contributed by atoms with Crippen LogP contribution in [0.25, 0.3) is 0 Å². The third-order valence-corrected chi connectivity index (χ3v) is 3.15. The second-order valence-electron chi connectivity index (χ2n) is 3.79. The van der Waals surface area contributed by atoms with Crippen molar-refractivity contribution in [1.82, 2.24) is 0 Å². The average Bonchev–Trinajstić information content (AvgIpc) is 2.02. The van der Waals surface area contributed by atoms with Crippen LogP contribution in [0.3, 0.4) is 0 Å². The molecule has 0 radical (unpaired) electrons. The van der Waals surface area contributed by atoms with Crippen molar-refractivity contribution in [2.45, 2.75) is 38.0 Å². The molecule has 0 aromatic rings. The van der Waals surface area contributed by atoms with Crippen LogP contribution in [0.4, 0.5) is 0 Å². The number of esters is 1. The van der Waals surface area contributed by atoms with Crippen molar-refractivity contribution in [3.05, 3.63) is 0 Å². The van der Waals surface area contributed by atoms with Gasteiger partial charge in [-0.3, -0.25) is 9.59 Å². The highest BCUT2D eigenvalue weighted by molar-refractivity contribution is 6.14. The van der Waals surface area contributed by atoms with E-state index in [1.165, 1.54) is 6.92 Å². The maximum absolute atomic E-state index is 11.2. The van der Waals surface area contributed by atoms with Crippen molar-refractivity contribution in [3.8, 4) is 0 Å². The van der Waals surface area contributed by atoms with E-state index < -0.39 is 11.4 Å². The molecule has 0 bridgehead atoms. The molecule has 5 heteroatoms. The first kappa shape index (κ1) is 11.4. The molecule has 1 aliphatic heterocycles. The summed E-state index contributed by atoms with van der Waals surface area (Å²) in [4.78, 5) is 21.9. The van der Waals surface area contributed by atoms with Crippen LogP contribution < -0.4 is 0 Å². The second kappa shape index (κ2) is 4.70. The molecular weight excluding hydrogens is 200 g/mol. The summed E-state index contributed by atoms with van der Waals surface area (Å²) >= 11 is 0. The Morgan fingerprint density at radius 2 is 2.21 bits per heavy atom. The van der Waals surface area contributed by atoms with E-state index in [0.29, 0.717) is 16.8 Å². The van der Waals surface area contributed by atoms with Crippen molar-refractivity contribution in [1.29, 1.82) is 0 Å². The smallest absolute Gasteiger partial charge is 0.315 e. The van der Waals surface area contributed by atoms with Crippen LogP contribution in [0, 0.1) is 0 Å². The highest BCUT2D eigenvalue weighted by atomic mass is 28.1. The van der Waals surface area contributed by atoms with Crippen molar-refractivity contribution >= 4 is 22.0 Å². The number of carbonyl (C=O) groups excluding carboxylic acids is 2. The Bertz CT molecular complexity index is 233. The molecule has 0 aromatic heterocycles. The number of hydrogen-bond donors (Lipinski definition) is 0. The van der Waals surface area contributed by atoms with Gasteiger partial charge in [0.1, 0.15) is 12.2 Å². The molecule has 1 unspecified atom stereocenters. The summed E-state index contributed by atoms with van der Waals surface area (Å²) in [5.74, 6) is -0.634. The Hall–Kier alpha value is -0.683. The van der Waals surface area contributed by atoms with Gasteiger partial charge in [-0.2, -0.15) is 0 Å². The van der Waals surface area contributed by atoms with Gasteiger partial charge in [0.05, 0.1) is 16.8 Å². The molecule has 0 spiro atoms. The first-order valence-electron chi connectivity index (χ1n) is 4.87. The molecule has 1 atom stereocenters. The zero-order valence-corrected chi connectivity index (χ0v) is 10.7. The molecule has 80 valence electrons. The van der Waals surface area contributed by atoms with E-state index in [-0.39, 0.29) is 12.2 Å². The van der Waals surface area contributed by atoms with Gasteiger partial charge < -0.3 is 9.47 Å². The summed E-state index contributed by atoms with van der Waals surface area (Å²) in [6, 6.07) is 0. The van der Waals surface area contributed by atoms with E-state index in [0.717, 1.165) is 19.3 Å². The molecule has 14 heavy (non-hydrogen) atoms. The Kier molecular flexibility index (Phi) is 3.83. The zero-order valence-electron chi connectivity index (χ0n) is 8.67. The minimum atomic E-state index is -0.676. The first-order chi connectivity index (χ1) is 6.52. The quantitative estimate of drug-likeness (QED) is 0.370. The fourth-order valence-corrected chi connectivity index (χ4v) is 2.25. The zero-order chi connectivity index (χ0) is 10.6. The number of Topliss-reactive ketones (excluding diaryl/α,β-unsaturated/α-hetero) is 1. The summed E-state index contributed by atoms with van der Waals surface area (Å²) in [5, 5.41) is 0. The molecule has 1 rings (SSSR count). The minimum Gasteiger partial charge on any atom is -0.438 e. The van der Waals surface area contributed by atoms with Crippen molar-refractivity contribution in [2.75, 3.05) is 6.61 Å². The molecule has 1 aliphatic rings. The summed E-state index contributed by atoms with van der Waals surface area (Å²) in [5.41, 5.74) is -0.676. The van der Waals surface area contributed by atoms with Crippen molar-refractivity contribution in [2.24, 2.45) is 0 Å². The van der Waals surface area contributed by atoms with Gasteiger partial charge in [-0.05, 0) is 19.8 Å². The Labute approximate surface area is 86.4 Å². The summed E-state index contributed by atoms with van der Waals surface area (Å²) in [7, 11) is 0.652. The predicted molar refractivity (Wildman–Crippen MR) is 53.9 cm³/mol. The Balaban J connectivity index is 2.41. The van der Waals surface area contributed by atoms with Crippen molar-refractivity contribution in [3.63, 3.8) is 0 Å². The number of ketones is 1. The molecule has 1 saturated heterocycles. The van der Waals surface area contributed by atoms with Gasteiger partial charge in [-0.25, -0.2) is 0 Å². The van der Waals surface area contributed by atoms with Gasteiger partial charge in [-0.1, -0.05) is 0 Å². The lowest BCUT2D eigenvalue weighted by molar-refractivity contribution is -0.205. The highest BCUT2D eigenvalue weighted by Crippen LogP contribution is 2.23. The van der Waals surface area contributed by atoms with Gasteiger partial charge in [0.25, 0.3) is 0 Å². The number of hydrogen-bond acceptors (Lipinski definition) is 4. The molecular formula is C9H16O4Si. The molecule has 0 N–H and O–H groups in total. The molecule has 1 heterocycles. The first-order valence-corrected chi connectivity index (χ1v) is 5.87. The number of ether oxygens (including phenoxy) is 2. The lowest BCUT2D eigenvalue weighted by atomic mass is 10.2. The van der Waals surface area contributed by atoms with Crippen LogP contribution in [0.1, 0.15) is 32.6 Å². The molecule has 0 aliphatic carbocycles. The van der Waals surface area contributed by atoms with E-state index in [9.17, 15) is 9.59 Å². The molecule has 4 nitrogen and oxygen atoms in total. The van der Waals surface area contributed by atoms with Crippen LogP contribution in [0.2, 0.25) is 0 Å². The summed E-state index contributed by atoms with van der Waals surface area (Å²) < 4.78 is 10.6. The van der Waals surface area contributed by atoms with E-state index in [4.69, 9.17) is 9.47 Å². The summed E-state index contributed by atoms with van der Waals surface area (Å²) in [6.07, 6.45) is 2.67. The van der Waals surface area contributed by atoms with E-state index in [1.807, 2.05) is 0 Å². The maximum Gasteiger partial charge on any atom is 0.315 e. The Morgan fingerprint density at radius 3 is 2.71 bits per heavy atom. The molecule has 0 saturated carbocycles. The third-order valence-electron chi connectivity index (χ3n) is 2.16. The number of carbonyl (C=O) groups is 2. The largest absolute Gasteiger partial charge is 0.438 e. The fourth-order valence-electron chi connectivity index (χ4n) is 1.47.